The molecule has 1 aliphatic heterocycles. The van der Waals surface area contributed by atoms with Crippen molar-refractivity contribution in [3.05, 3.63) is 69.4 Å². The van der Waals surface area contributed by atoms with Crippen molar-refractivity contribution in [2.24, 2.45) is 5.41 Å². The van der Waals surface area contributed by atoms with Crippen molar-refractivity contribution in [1.29, 1.82) is 0 Å². The largest absolute Gasteiger partial charge is 0.338 e. The van der Waals surface area contributed by atoms with Crippen molar-refractivity contribution < 1.29 is 4.79 Å². The molecule has 0 saturated carbocycles. The van der Waals surface area contributed by atoms with Crippen LogP contribution in [-0.2, 0) is 12.8 Å². The highest BCUT2D eigenvalue weighted by Crippen LogP contribution is 2.34. The predicted octanol–water partition coefficient (Wildman–Crippen LogP) is 3.69. The van der Waals surface area contributed by atoms with Crippen LogP contribution in [0.2, 0.25) is 0 Å². The fourth-order valence-electron chi connectivity index (χ4n) is 4.92. The molecule has 1 fully saturated rings. The summed E-state index contributed by atoms with van der Waals surface area (Å²) in [6.45, 7) is 5.68. The third-order valence-corrected chi connectivity index (χ3v) is 6.87. The molecule has 7 nitrogen and oxygen atoms in total. The quantitative estimate of drug-likeness (QED) is 0.661. The minimum Gasteiger partial charge on any atom is -0.338 e. The number of piperidine rings is 1. The van der Waals surface area contributed by atoms with E-state index in [9.17, 15) is 9.59 Å². The number of carbonyl (C=O) groups excluding carboxylic acids is 1. The smallest absolute Gasteiger partial charge is 0.261 e. The Balaban J connectivity index is 1.27. The molecule has 32 heavy (non-hydrogen) atoms. The summed E-state index contributed by atoms with van der Waals surface area (Å²) >= 11 is 0. The molecule has 0 unspecified atom stereocenters. The van der Waals surface area contributed by atoms with Crippen molar-refractivity contribution in [2.75, 3.05) is 13.1 Å². The van der Waals surface area contributed by atoms with E-state index >= 15 is 0 Å². The fourth-order valence-corrected chi connectivity index (χ4v) is 4.92. The number of hydrogen-bond acceptors (Lipinski definition) is 4. The van der Waals surface area contributed by atoms with Gasteiger partial charge in [-0.15, -0.1) is 0 Å². The molecule has 1 aromatic carbocycles. The highest BCUT2D eigenvalue weighted by atomic mass is 16.2. The maximum Gasteiger partial charge on any atom is 0.261 e. The van der Waals surface area contributed by atoms with Gasteiger partial charge in [0, 0.05) is 30.3 Å². The van der Waals surface area contributed by atoms with Gasteiger partial charge in [-0.05, 0) is 49.1 Å². The lowest BCUT2D eigenvalue weighted by Crippen LogP contribution is -2.41. The lowest BCUT2D eigenvalue weighted by atomic mass is 9.76. The molecule has 0 radical (unpaired) electrons. The summed E-state index contributed by atoms with van der Waals surface area (Å²) in [6.07, 6.45) is 4.39. The monoisotopic (exact) mass is 431 g/mol. The molecular formula is C25H29N5O2. The number of H-pyrrole nitrogens is 2. The van der Waals surface area contributed by atoms with Gasteiger partial charge in [-0.2, -0.15) is 5.10 Å². The van der Waals surface area contributed by atoms with Gasteiger partial charge in [-0.25, -0.2) is 4.98 Å². The molecule has 3 heterocycles. The second-order valence-corrected chi connectivity index (χ2v) is 9.83. The molecule has 2 aliphatic rings. The van der Waals surface area contributed by atoms with E-state index in [0.717, 1.165) is 54.7 Å². The first-order valence-corrected chi connectivity index (χ1v) is 11.4. The van der Waals surface area contributed by atoms with E-state index in [1.165, 1.54) is 0 Å². The predicted molar refractivity (Wildman–Crippen MR) is 123 cm³/mol. The van der Waals surface area contributed by atoms with Crippen LogP contribution in [0.25, 0.3) is 11.4 Å². The number of fused-ring (bicyclic) bond motifs is 1. The summed E-state index contributed by atoms with van der Waals surface area (Å²) in [5, 5.41) is 7.45. The Labute approximate surface area is 187 Å². The second kappa shape index (κ2) is 8.04. The van der Waals surface area contributed by atoms with Crippen LogP contribution in [-0.4, -0.2) is 44.1 Å². The summed E-state index contributed by atoms with van der Waals surface area (Å²) in [5.74, 6) is 1.62. The highest BCUT2D eigenvalue weighted by molar-refractivity contribution is 5.94. The van der Waals surface area contributed by atoms with E-state index in [2.05, 4.69) is 34.0 Å². The number of benzene rings is 1. The number of carbonyl (C=O) groups is 1. The van der Waals surface area contributed by atoms with Gasteiger partial charge in [-0.3, -0.25) is 14.7 Å². The zero-order valence-electron chi connectivity index (χ0n) is 18.6. The van der Waals surface area contributed by atoms with Crippen molar-refractivity contribution in [1.82, 2.24) is 25.1 Å². The Kier molecular flexibility index (Phi) is 5.19. The van der Waals surface area contributed by atoms with E-state index in [4.69, 9.17) is 0 Å². The summed E-state index contributed by atoms with van der Waals surface area (Å²) in [5.41, 5.74) is 3.28. The van der Waals surface area contributed by atoms with Crippen LogP contribution in [0.1, 0.15) is 66.5 Å². The van der Waals surface area contributed by atoms with Gasteiger partial charge in [0.2, 0.25) is 0 Å². The lowest BCUT2D eigenvalue weighted by Gasteiger charge is -2.32. The topological polar surface area (TPSA) is 94.7 Å². The van der Waals surface area contributed by atoms with Gasteiger partial charge in [-0.1, -0.05) is 44.2 Å². The average molecular weight is 432 g/mol. The molecule has 0 spiro atoms. The number of aromatic amines is 2. The SMILES string of the molecule is CC1(C)CCc2[nH]c(=O)c(C(=O)N3CCC(c4nc(-c5ccccc5)n[nH]4)CC3)cc2C1. The number of aryl methyl sites for hydroxylation is 1. The van der Waals surface area contributed by atoms with E-state index in [-0.39, 0.29) is 28.4 Å². The molecule has 0 bridgehead atoms. The molecule has 7 heteroatoms. The third-order valence-electron chi connectivity index (χ3n) is 6.87. The van der Waals surface area contributed by atoms with E-state index in [0.29, 0.717) is 18.9 Å². The first-order chi connectivity index (χ1) is 15.4. The van der Waals surface area contributed by atoms with Crippen molar-refractivity contribution in [2.45, 2.75) is 51.9 Å². The third kappa shape index (κ3) is 3.99. The second-order valence-electron chi connectivity index (χ2n) is 9.83. The van der Waals surface area contributed by atoms with Crippen LogP contribution in [0, 0.1) is 5.41 Å². The fraction of sp³-hybridized carbons (Fsp3) is 0.440. The number of nitrogens with zero attached hydrogens (tertiary/aromatic N) is 3. The van der Waals surface area contributed by atoms with Gasteiger partial charge in [0.25, 0.3) is 11.5 Å². The molecule has 0 atom stereocenters. The summed E-state index contributed by atoms with van der Waals surface area (Å²) in [7, 11) is 0. The normalized spacial score (nSPS) is 18.4. The number of nitrogens with one attached hydrogen (secondary N) is 2. The lowest BCUT2D eigenvalue weighted by molar-refractivity contribution is 0.0709. The zero-order valence-corrected chi connectivity index (χ0v) is 18.6. The molecule has 1 amide bonds. The molecule has 5 rings (SSSR count). The number of rotatable bonds is 3. The zero-order chi connectivity index (χ0) is 22.3. The van der Waals surface area contributed by atoms with Crippen LogP contribution in [0.4, 0.5) is 0 Å². The minimum atomic E-state index is -0.265. The van der Waals surface area contributed by atoms with Gasteiger partial charge in [0.05, 0.1) is 0 Å². The van der Waals surface area contributed by atoms with Crippen LogP contribution in [0.15, 0.2) is 41.2 Å². The van der Waals surface area contributed by atoms with Crippen LogP contribution >= 0.6 is 0 Å². The molecule has 1 saturated heterocycles. The van der Waals surface area contributed by atoms with Gasteiger partial charge in [0.15, 0.2) is 5.82 Å². The molecule has 166 valence electrons. The molecule has 1 aliphatic carbocycles. The van der Waals surface area contributed by atoms with Gasteiger partial charge >= 0.3 is 0 Å². The van der Waals surface area contributed by atoms with Crippen molar-refractivity contribution in [3.63, 3.8) is 0 Å². The number of aromatic nitrogens is 4. The summed E-state index contributed by atoms with van der Waals surface area (Å²) < 4.78 is 0. The minimum absolute atomic E-state index is 0.168. The van der Waals surface area contributed by atoms with Crippen LogP contribution in [0.3, 0.4) is 0 Å². The number of amides is 1. The first kappa shape index (κ1) is 20.7. The average Bonchev–Trinajstić information content (AvgIpc) is 3.29. The highest BCUT2D eigenvalue weighted by Gasteiger charge is 2.30. The first-order valence-electron chi connectivity index (χ1n) is 11.4. The van der Waals surface area contributed by atoms with E-state index in [1.807, 2.05) is 36.4 Å². The molecule has 2 aromatic heterocycles. The van der Waals surface area contributed by atoms with Crippen LogP contribution < -0.4 is 5.56 Å². The van der Waals surface area contributed by atoms with Crippen molar-refractivity contribution in [3.8, 4) is 11.4 Å². The Morgan fingerprint density at radius 1 is 1.16 bits per heavy atom. The maximum atomic E-state index is 13.2. The van der Waals surface area contributed by atoms with Crippen molar-refractivity contribution >= 4 is 5.91 Å². The Morgan fingerprint density at radius 3 is 2.66 bits per heavy atom. The van der Waals surface area contributed by atoms with Crippen LogP contribution in [0.5, 0.6) is 0 Å². The standard InChI is InChI=1S/C25H29N5O2/c1-25(2)11-8-20-18(15-25)14-19(23(31)26-20)24(32)30-12-9-17(10-13-30)22-27-21(28-29-22)16-6-4-3-5-7-16/h3-7,14,17H,8-13,15H2,1-2H3,(H,26,31)(H,27,28,29). The van der Waals surface area contributed by atoms with Gasteiger partial charge in [0.1, 0.15) is 11.4 Å². The van der Waals surface area contributed by atoms with Gasteiger partial charge < -0.3 is 9.88 Å². The van der Waals surface area contributed by atoms with E-state index in [1.54, 1.807) is 4.90 Å². The maximum absolute atomic E-state index is 13.2. The Hall–Kier alpha value is -3.22. The Bertz CT molecular complexity index is 1190. The molecule has 2 N–H and O–H groups in total. The number of pyridine rings is 1. The number of likely N-dealkylation sites (tertiary alicyclic amines) is 1. The summed E-state index contributed by atoms with van der Waals surface area (Å²) in [4.78, 5) is 35.3. The van der Waals surface area contributed by atoms with E-state index < -0.39 is 0 Å². The Morgan fingerprint density at radius 2 is 1.91 bits per heavy atom. The molecule has 3 aromatic rings. The summed E-state index contributed by atoms with van der Waals surface area (Å²) in [6, 6.07) is 11.7. The number of hydrogen-bond donors (Lipinski definition) is 2. The molecular weight excluding hydrogens is 402 g/mol.